The molecule has 2 unspecified atom stereocenters. The SMILES string of the molecule is CC(C(=O)Nc1cccc(S(N)(=O)=O)c1)N1CCC(CN(C)C)C1. The van der Waals surface area contributed by atoms with E-state index in [4.69, 9.17) is 5.14 Å². The lowest BCUT2D eigenvalue weighted by atomic mass is 10.1. The highest BCUT2D eigenvalue weighted by molar-refractivity contribution is 7.89. The van der Waals surface area contributed by atoms with Crippen LogP contribution in [0.25, 0.3) is 0 Å². The van der Waals surface area contributed by atoms with Gasteiger partial charge in [0.2, 0.25) is 15.9 Å². The number of amides is 1. The van der Waals surface area contributed by atoms with Gasteiger partial charge in [-0.3, -0.25) is 9.69 Å². The Morgan fingerprint density at radius 3 is 2.79 bits per heavy atom. The maximum absolute atomic E-state index is 12.4. The maximum atomic E-state index is 12.4. The number of nitrogens with zero attached hydrogens (tertiary/aromatic N) is 2. The number of rotatable bonds is 6. The molecular weight excluding hydrogens is 328 g/mol. The summed E-state index contributed by atoms with van der Waals surface area (Å²) in [6.07, 6.45) is 1.08. The number of hydrogen-bond donors (Lipinski definition) is 2. The lowest BCUT2D eigenvalue weighted by Crippen LogP contribution is -2.41. The molecule has 2 rings (SSSR count). The van der Waals surface area contributed by atoms with E-state index in [0.717, 1.165) is 26.1 Å². The molecule has 0 radical (unpaired) electrons. The van der Waals surface area contributed by atoms with Gasteiger partial charge in [-0.2, -0.15) is 0 Å². The monoisotopic (exact) mass is 354 g/mol. The Labute approximate surface area is 143 Å². The van der Waals surface area contributed by atoms with E-state index in [1.807, 2.05) is 6.92 Å². The van der Waals surface area contributed by atoms with Crippen LogP contribution in [-0.4, -0.2) is 63.9 Å². The first kappa shape index (κ1) is 18.9. The molecule has 3 N–H and O–H groups in total. The molecule has 0 aromatic heterocycles. The zero-order chi connectivity index (χ0) is 17.9. The number of primary sulfonamides is 1. The van der Waals surface area contributed by atoms with Crippen LogP contribution >= 0.6 is 0 Å². The number of nitrogens with two attached hydrogens (primary N) is 1. The Hall–Kier alpha value is -1.48. The summed E-state index contributed by atoms with van der Waals surface area (Å²) in [4.78, 5) is 16.8. The zero-order valence-electron chi connectivity index (χ0n) is 14.4. The predicted molar refractivity (Wildman–Crippen MR) is 94.1 cm³/mol. The number of likely N-dealkylation sites (tertiary alicyclic amines) is 1. The molecule has 1 aliphatic heterocycles. The highest BCUT2D eigenvalue weighted by atomic mass is 32.2. The first-order valence-electron chi connectivity index (χ1n) is 7.99. The average molecular weight is 354 g/mol. The lowest BCUT2D eigenvalue weighted by molar-refractivity contribution is -0.120. The number of carbonyl (C=O) groups excluding carboxylic acids is 1. The first-order chi connectivity index (χ1) is 11.2. The first-order valence-corrected chi connectivity index (χ1v) is 9.54. The van der Waals surface area contributed by atoms with E-state index in [0.29, 0.717) is 11.6 Å². The van der Waals surface area contributed by atoms with Crippen LogP contribution in [0.3, 0.4) is 0 Å². The summed E-state index contributed by atoms with van der Waals surface area (Å²) in [5.41, 5.74) is 0.433. The molecule has 0 aliphatic carbocycles. The number of hydrogen-bond acceptors (Lipinski definition) is 5. The van der Waals surface area contributed by atoms with Crippen molar-refractivity contribution in [3.8, 4) is 0 Å². The summed E-state index contributed by atoms with van der Waals surface area (Å²) in [7, 11) is 0.323. The normalized spacial score (nSPS) is 20.3. The van der Waals surface area contributed by atoms with Crippen molar-refractivity contribution >= 4 is 21.6 Å². The molecular formula is C16H26N4O3S. The molecule has 1 aromatic rings. The molecule has 134 valence electrons. The fourth-order valence-corrected chi connectivity index (χ4v) is 3.60. The maximum Gasteiger partial charge on any atom is 0.241 e. The number of anilines is 1. The quantitative estimate of drug-likeness (QED) is 0.777. The highest BCUT2D eigenvalue weighted by Crippen LogP contribution is 2.20. The standard InChI is InChI=1S/C16H26N4O3S/c1-12(20-8-7-13(11-20)10-19(2)3)16(21)18-14-5-4-6-15(9-14)24(17,22)23/h4-6,9,12-13H,7-8,10-11H2,1-3H3,(H,18,21)(H2,17,22,23). The van der Waals surface area contributed by atoms with E-state index in [1.165, 1.54) is 12.1 Å². The molecule has 0 spiro atoms. The van der Waals surface area contributed by atoms with Gasteiger partial charge >= 0.3 is 0 Å². The van der Waals surface area contributed by atoms with E-state index >= 15 is 0 Å². The largest absolute Gasteiger partial charge is 0.325 e. The van der Waals surface area contributed by atoms with Crippen molar-refractivity contribution in [1.29, 1.82) is 0 Å². The second kappa shape index (κ2) is 7.60. The van der Waals surface area contributed by atoms with E-state index in [2.05, 4.69) is 29.2 Å². The van der Waals surface area contributed by atoms with Crippen LogP contribution in [-0.2, 0) is 14.8 Å². The number of nitrogens with one attached hydrogen (secondary N) is 1. The highest BCUT2D eigenvalue weighted by Gasteiger charge is 2.29. The Bertz CT molecular complexity index is 690. The van der Waals surface area contributed by atoms with Gasteiger partial charge in [0.1, 0.15) is 0 Å². The van der Waals surface area contributed by atoms with Gasteiger partial charge in [-0.1, -0.05) is 6.07 Å². The van der Waals surface area contributed by atoms with Gasteiger partial charge in [-0.05, 0) is 58.1 Å². The molecule has 1 fully saturated rings. The fraction of sp³-hybridized carbons (Fsp3) is 0.562. The van der Waals surface area contributed by atoms with E-state index < -0.39 is 10.0 Å². The molecule has 1 heterocycles. The molecule has 7 nitrogen and oxygen atoms in total. The van der Waals surface area contributed by atoms with Crippen molar-refractivity contribution in [2.24, 2.45) is 11.1 Å². The van der Waals surface area contributed by atoms with Crippen LogP contribution in [0.15, 0.2) is 29.2 Å². The number of carbonyl (C=O) groups is 1. The second-order valence-electron chi connectivity index (χ2n) is 6.65. The molecule has 1 amide bonds. The second-order valence-corrected chi connectivity index (χ2v) is 8.21. The average Bonchev–Trinajstić information content (AvgIpc) is 2.93. The van der Waals surface area contributed by atoms with Crippen molar-refractivity contribution in [2.45, 2.75) is 24.3 Å². The number of sulfonamides is 1. The minimum absolute atomic E-state index is 0.0137. The van der Waals surface area contributed by atoms with E-state index in [9.17, 15) is 13.2 Å². The van der Waals surface area contributed by atoms with Crippen LogP contribution in [0.5, 0.6) is 0 Å². The van der Waals surface area contributed by atoms with Gasteiger partial charge in [0.05, 0.1) is 10.9 Å². The fourth-order valence-electron chi connectivity index (χ4n) is 3.04. The molecule has 8 heteroatoms. The Morgan fingerprint density at radius 2 is 2.17 bits per heavy atom. The van der Waals surface area contributed by atoms with Crippen molar-refractivity contribution in [2.75, 3.05) is 39.0 Å². The minimum atomic E-state index is -3.78. The topological polar surface area (TPSA) is 95.7 Å². The van der Waals surface area contributed by atoms with Crippen LogP contribution in [0.2, 0.25) is 0 Å². The van der Waals surface area contributed by atoms with Gasteiger partial charge < -0.3 is 10.2 Å². The van der Waals surface area contributed by atoms with E-state index in [-0.39, 0.29) is 16.8 Å². The van der Waals surface area contributed by atoms with Crippen molar-refractivity contribution < 1.29 is 13.2 Å². The third-order valence-corrected chi connectivity index (χ3v) is 5.21. The third kappa shape index (κ3) is 5.01. The summed E-state index contributed by atoms with van der Waals surface area (Å²) in [5.74, 6) is 0.424. The van der Waals surface area contributed by atoms with Gasteiger partial charge in [-0.25, -0.2) is 13.6 Å². The van der Waals surface area contributed by atoms with Gasteiger partial charge in [0.15, 0.2) is 0 Å². The molecule has 1 aromatic carbocycles. The Kier molecular flexibility index (Phi) is 5.97. The third-order valence-electron chi connectivity index (χ3n) is 4.30. The summed E-state index contributed by atoms with van der Waals surface area (Å²) < 4.78 is 22.8. The Balaban J connectivity index is 1.98. The molecule has 2 atom stereocenters. The predicted octanol–water partition coefficient (Wildman–Crippen LogP) is 0.545. The van der Waals surface area contributed by atoms with Crippen molar-refractivity contribution in [3.05, 3.63) is 24.3 Å². The Morgan fingerprint density at radius 1 is 1.46 bits per heavy atom. The van der Waals surface area contributed by atoms with Crippen molar-refractivity contribution in [1.82, 2.24) is 9.80 Å². The van der Waals surface area contributed by atoms with Crippen LogP contribution < -0.4 is 10.5 Å². The molecule has 1 saturated heterocycles. The molecule has 0 bridgehead atoms. The van der Waals surface area contributed by atoms with Crippen molar-refractivity contribution in [3.63, 3.8) is 0 Å². The summed E-state index contributed by atoms with van der Waals surface area (Å²) in [5, 5.41) is 7.89. The van der Waals surface area contributed by atoms with Gasteiger partial charge in [0, 0.05) is 18.8 Å². The molecule has 0 saturated carbocycles. The smallest absolute Gasteiger partial charge is 0.241 e. The zero-order valence-corrected chi connectivity index (χ0v) is 15.2. The summed E-state index contributed by atoms with van der Waals surface area (Å²) >= 11 is 0. The van der Waals surface area contributed by atoms with Gasteiger partial charge in [0.25, 0.3) is 0 Å². The minimum Gasteiger partial charge on any atom is -0.325 e. The lowest BCUT2D eigenvalue weighted by Gasteiger charge is -2.24. The van der Waals surface area contributed by atoms with Crippen LogP contribution in [0.4, 0.5) is 5.69 Å². The van der Waals surface area contributed by atoms with E-state index in [1.54, 1.807) is 12.1 Å². The van der Waals surface area contributed by atoms with Crippen LogP contribution in [0, 0.1) is 5.92 Å². The molecule has 1 aliphatic rings. The summed E-state index contributed by atoms with van der Waals surface area (Å²) in [6, 6.07) is 5.72. The van der Waals surface area contributed by atoms with Crippen LogP contribution in [0.1, 0.15) is 13.3 Å². The summed E-state index contributed by atoms with van der Waals surface area (Å²) in [6.45, 7) is 4.67. The number of benzene rings is 1. The van der Waals surface area contributed by atoms with Gasteiger partial charge in [-0.15, -0.1) is 0 Å². The molecule has 24 heavy (non-hydrogen) atoms.